The van der Waals surface area contributed by atoms with E-state index in [4.69, 9.17) is 47.4 Å². The fourth-order valence-electron chi connectivity index (χ4n) is 10.3. The van der Waals surface area contributed by atoms with Gasteiger partial charge in [-0.25, -0.2) is 0 Å². The predicted octanol–water partition coefficient (Wildman–Crippen LogP) is 5.20. The Hall–Kier alpha value is -2.60. The number of aliphatic hydroxyl groups excluding tert-OH is 1. The van der Waals surface area contributed by atoms with E-state index in [1.54, 1.807) is 34.1 Å². The molecule has 18 unspecified atom stereocenters. The molecule has 6 heterocycles. The van der Waals surface area contributed by atoms with E-state index < -0.39 is 90.8 Å². The first-order valence-electron chi connectivity index (χ1n) is 22.2. The molecule has 2 bridgehead atoms. The van der Waals surface area contributed by atoms with Crippen molar-refractivity contribution >= 4 is 11.8 Å². The highest BCUT2D eigenvalue weighted by atomic mass is 16.7. The highest BCUT2D eigenvalue weighted by Crippen LogP contribution is 2.46. The number of ketones is 1. The minimum Gasteiger partial charge on any atom is -0.462 e. The van der Waals surface area contributed by atoms with Crippen molar-refractivity contribution in [2.24, 2.45) is 23.7 Å². The van der Waals surface area contributed by atoms with Crippen LogP contribution in [0.2, 0.25) is 0 Å². The molecule has 0 aromatic rings. The van der Waals surface area contributed by atoms with Gasteiger partial charge in [-0.2, -0.15) is 0 Å². The first-order chi connectivity index (χ1) is 29.0. The molecule has 0 radical (unpaired) electrons. The largest absolute Gasteiger partial charge is 0.462 e. The summed E-state index contributed by atoms with van der Waals surface area (Å²) >= 11 is 0. The lowest BCUT2D eigenvalue weighted by atomic mass is 9.71. The Morgan fingerprint density at radius 3 is 2.30 bits per heavy atom. The second-order valence-corrected chi connectivity index (χ2v) is 18.6. The van der Waals surface area contributed by atoms with Crippen molar-refractivity contribution in [1.29, 1.82) is 0 Å². The molecule has 1 spiro atoms. The predicted molar refractivity (Wildman–Crippen MR) is 222 cm³/mol. The third-order valence-electron chi connectivity index (χ3n) is 13.8. The molecule has 6 aliphatic heterocycles. The maximum absolute atomic E-state index is 14.3. The molecule has 14 heteroatoms. The standard InChI is InChI=1S/C47H68O14/c1-24(2)41-27(5)16-17-46(61-41)22-33-19-32(60-46)15-14-26(4)42(25(3)12-11-13-31-23-54-44-39(48)28(6)18-34(45(50)57-33)47(31,44)51)58-38-21-36(53-10)43(30(8)56-38)59-37-20-35(52-9)40(49)29(7)55-37/h11-14,16-18,24-25,27,29-30,32-38,40-44,49,51H,15,19-23H2,1-10H3. The summed E-state index contributed by atoms with van der Waals surface area (Å²) in [6, 6.07) is 0. The van der Waals surface area contributed by atoms with Gasteiger partial charge in [0.05, 0.1) is 49.3 Å². The molecular formula is C47H68O14. The van der Waals surface area contributed by atoms with Gasteiger partial charge in [-0.1, -0.05) is 64.2 Å². The van der Waals surface area contributed by atoms with Gasteiger partial charge in [0, 0.05) is 51.7 Å². The summed E-state index contributed by atoms with van der Waals surface area (Å²) in [4.78, 5) is 27.7. The minimum atomic E-state index is -1.93. The van der Waals surface area contributed by atoms with Crippen LogP contribution in [0.25, 0.3) is 0 Å². The van der Waals surface area contributed by atoms with Crippen LogP contribution < -0.4 is 0 Å². The van der Waals surface area contributed by atoms with E-state index in [1.807, 2.05) is 39.0 Å². The van der Waals surface area contributed by atoms with Crippen LogP contribution in [-0.2, 0) is 57.0 Å². The topological polar surface area (TPSA) is 167 Å². The summed E-state index contributed by atoms with van der Waals surface area (Å²) in [5.41, 5.74) is -0.237. The molecule has 18 atom stereocenters. The zero-order valence-corrected chi connectivity index (χ0v) is 37.4. The lowest BCUT2D eigenvalue weighted by molar-refractivity contribution is -0.318. The highest BCUT2D eigenvalue weighted by molar-refractivity contribution is 6.03. The van der Waals surface area contributed by atoms with Crippen LogP contribution in [-0.4, -0.2) is 134 Å². The Bertz CT molecular complexity index is 1750. The van der Waals surface area contributed by atoms with E-state index in [2.05, 4.69) is 32.9 Å². The molecule has 61 heavy (non-hydrogen) atoms. The monoisotopic (exact) mass is 856 g/mol. The van der Waals surface area contributed by atoms with Gasteiger partial charge in [-0.15, -0.1) is 0 Å². The van der Waals surface area contributed by atoms with E-state index in [1.165, 1.54) is 6.08 Å². The van der Waals surface area contributed by atoms with Crippen LogP contribution in [0.15, 0.2) is 59.3 Å². The molecule has 7 rings (SSSR count). The molecule has 14 nitrogen and oxygen atoms in total. The van der Waals surface area contributed by atoms with Crippen LogP contribution in [0.4, 0.5) is 0 Å². The summed E-state index contributed by atoms with van der Waals surface area (Å²) < 4.78 is 63.3. The number of ether oxygens (including phenoxy) is 10. The number of rotatable bonds is 7. The Labute approximate surface area is 360 Å². The fraction of sp³-hybridized carbons (Fsp3) is 0.745. The average Bonchev–Trinajstić information content (AvgIpc) is 3.56. The van der Waals surface area contributed by atoms with Crippen molar-refractivity contribution in [2.75, 3.05) is 20.8 Å². The number of hydrogen-bond donors (Lipinski definition) is 2. The van der Waals surface area contributed by atoms with Crippen LogP contribution >= 0.6 is 0 Å². The third kappa shape index (κ3) is 9.47. The molecule has 1 aliphatic carbocycles. The summed E-state index contributed by atoms with van der Waals surface area (Å²) in [6.07, 6.45) is 8.06. The Balaban J connectivity index is 1.18. The number of esters is 1. The van der Waals surface area contributed by atoms with E-state index >= 15 is 0 Å². The van der Waals surface area contributed by atoms with Gasteiger partial charge in [0.1, 0.15) is 29.8 Å². The van der Waals surface area contributed by atoms with Gasteiger partial charge < -0.3 is 57.6 Å². The maximum atomic E-state index is 14.3. The molecule has 2 N–H and O–H groups in total. The molecular weight excluding hydrogens is 789 g/mol. The van der Waals surface area contributed by atoms with Gasteiger partial charge in [0.15, 0.2) is 30.3 Å². The molecule has 0 aromatic carbocycles. The highest BCUT2D eigenvalue weighted by Gasteiger charge is 2.60. The number of carbonyl (C=O) groups excluding carboxylic acids is 2. The van der Waals surface area contributed by atoms with E-state index in [0.717, 1.165) is 5.57 Å². The number of allylic oxidation sites excluding steroid dienone is 2. The van der Waals surface area contributed by atoms with Gasteiger partial charge in [-0.05, 0) is 62.8 Å². The lowest BCUT2D eigenvalue weighted by Gasteiger charge is -2.48. The quantitative estimate of drug-likeness (QED) is 0.254. The number of Topliss-reactive ketones (excluding diaryl/α,β-unsaturated/α-hetero) is 1. The smallest absolute Gasteiger partial charge is 0.316 e. The van der Waals surface area contributed by atoms with E-state index in [0.29, 0.717) is 36.8 Å². The average molecular weight is 857 g/mol. The van der Waals surface area contributed by atoms with Crippen LogP contribution in [0.5, 0.6) is 0 Å². The Morgan fingerprint density at radius 1 is 0.869 bits per heavy atom. The molecule has 4 saturated heterocycles. The fourth-order valence-corrected chi connectivity index (χ4v) is 10.3. The lowest BCUT2D eigenvalue weighted by Crippen LogP contribution is -2.57. The van der Waals surface area contributed by atoms with E-state index in [-0.39, 0.29) is 48.8 Å². The normalized spacial score (nSPS) is 45.9. The number of carbonyl (C=O) groups is 2. The molecule has 0 saturated carbocycles. The van der Waals surface area contributed by atoms with Crippen molar-refractivity contribution in [1.82, 2.24) is 0 Å². The van der Waals surface area contributed by atoms with Crippen molar-refractivity contribution in [3.8, 4) is 0 Å². The van der Waals surface area contributed by atoms with E-state index in [9.17, 15) is 19.8 Å². The van der Waals surface area contributed by atoms with Gasteiger partial charge in [-0.3, -0.25) is 9.59 Å². The number of aliphatic hydroxyl groups is 2. The number of hydrogen-bond acceptors (Lipinski definition) is 14. The Kier molecular flexibility index (Phi) is 14.3. The number of methoxy groups -OCH3 is 2. The number of fused-ring (bicyclic) bond motifs is 2. The van der Waals surface area contributed by atoms with Crippen molar-refractivity contribution in [3.05, 3.63) is 59.3 Å². The van der Waals surface area contributed by atoms with Crippen LogP contribution in [0.1, 0.15) is 87.5 Å². The second kappa shape index (κ2) is 18.9. The summed E-state index contributed by atoms with van der Waals surface area (Å²) in [7, 11) is 3.21. The third-order valence-corrected chi connectivity index (χ3v) is 13.8. The minimum absolute atomic E-state index is 0.0296. The molecule has 340 valence electrons. The first kappa shape index (κ1) is 46.4. The zero-order chi connectivity index (χ0) is 44.0. The molecule has 0 aromatic heterocycles. The molecule has 7 aliphatic rings. The summed E-state index contributed by atoms with van der Waals surface area (Å²) in [5, 5.41) is 22.9. The maximum Gasteiger partial charge on any atom is 0.316 e. The van der Waals surface area contributed by atoms with Crippen LogP contribution in [0, 0.1) is 23.7 Å². The SMILES string of the molecule is COC1CC(OC2C(C)OC(OC3C(C)=CCC4CC(CC5(C=CC(C)C(C(C)C)O5)O4)OC(=O)C4C=C(C)C(=O)C5OCC(=CC=CC3C)C45O)CC2OC)OC(C)C1O. The second-order valence-electron chi connectivity index (χ2n) is 18.6. The first-order valence-corrected chi connectivity index (χ1v) is 22.2. The van der Waals surface area contributed by atoms with Crippen molar-refractivity contribution in [3.63, 3.8) is 0 Å². The van der Waals surface area contributed by atoms with Crippen molar-refractivity contribution in [2.45, 2.75) is 179 Å². The van der Waals surface area contributed by atoms with Crippen LogP contribution in [0.3, 0.4) is 0 Å². The van der Waals surface area contributed by atoms with Crippen molar-refractivity contribution < 1.29 is 67.2 Å². The molecule has 4 fully saturated rings. The molecule has 0 amide bonds. The summed E-state index contributed by atoms with van der Waals surface area (Å²) in [5.74, 6) is -3.13. The van der Waals surface area contributed by atoms with Gasteiger partial charge >= 0.3 is 5.97 Å². The van der Waals surface area contributed by atoms with Gasteiger partial charge in [0.25, 0.3) is 0 Å². The summed E-state index contributed by atoms with van der Waals surface area (Å²) in [6.45, 7) is 15.8. The van der Waals surface area contributed by atoms with Gasteiger partial charge in [0.2, 0.25) is 0 Å². The Morgan fingerprint density at radius 2 is 1.57 bits per heavy atom. The zero-order valence-electron chi connectivity index (χ0n) is 37.4.